The Bertz CT molecular complexity index is 1020. The standard InChI is InChI=1S/C21H30N4O4S/c1-15(2)25-17(4)21(16(3)22-25)30(27,28)24-11-9-23(10-12-24)20(26)14-18-7-6-8-19(13-18)29-5/h6-8,13,15H,9-12,14H2,1-5H3. The topological polar surface area (TPSA) is 84.7 Å². The van der Waals surface area contributed by atoms with Crippen LogP contribution in [-0.2, 0) is 21.2 Å². The summed E-state index contributed by atoms with van der Waals surface area (Å²) in [5.41, 5.74) is 2.04. The third kappa shape index (κ3) is 4.37. The van der Waals surface area contributed by atoms with Crippen molar-refractivity contribution >= 4 is 15.9 Å². The second kappa shape index (κ2) is 8.77. The Labute approximate surface area is 178 Å². The van der Waals surface area contributed by atoms with Gasteiger partial charge in [-0.2, -0.15) is 9.40 Å². The molecule has 1 saturated heterocycles. The van der Waals surface area contributed by atoms with Crippen molar-refractivity contribution in [2.45, 2.75) is 45.1 Å². The molecule has 2 aromatic rings. The summed E-state index contributed by atoms with van der Waals surface area (Å²) in [5, 5.41) is 4.41. The highest BCUT2D eigenvalue weighted by Gasteiger charge is 2.34. The van der Waals surface area contributed by atoms with Crippen LogP contribution >= 0.6 is 0 Å². The van der Waals surface area contributed by atoms with Gasteiger partial charge >= 0.3 is 0 Å². The molecule has 1 aromatic carbocycles. The van der Waals surface area contributed by atoms with Gasteiger partial charge < -0.3 is 9.64 Å². The molecule has 0 saturated carbocycles. The largest absolute Gasteiger partial charge is 0.497 e. The van der Waals surface area contributed by atoms with Gasteiger partial charge in [-0.3, -0.25) is 9.48 Å². The maximum atomic E-state index is 13.3. The van der Waals surface area contributed by atoms with Crippen LogP contribution in [-0.4, -0.2) is 66.6 Å². The number of ether oxygens (including phenoxy) is 1. The van der Waals surface area contributed by atoms with Crippen LogP contribution in [0.2, 0.25) is 0 Å². The lowest BCUT2D eigenvalue weighted by Crippen LogP contribution is -2.51. The van der Waals surface area contributed by atoms with E-state index in [0.717, 1.165) is 5.56 Å². The molecule has 0 atom stereocenters. The SMILES string of the molecule is COc1cccc(CC(=O)N2CCN(S(=O)(=O)c3c(C)nn(C(C)C)c3C)CC2)c1. The summed E-state index contributed by atoms with van der Waals surface area (Å²) in [5.74, 6) is 0.698. The smallest absolute Gasteiger partial charge is 0.246 e. The number of nitrogens with zero attached hydrogens (tertiary/aromatic N) is 4. The minimum absolute atomic E-state index is 0.0136. The number of benzene rings is 1. The van der Waals surface area contributed by atoms with E-state index in [2.05, 4.69) is 5.10 Å². The molecule has 3 rings (SSSR count). The molecule has 1 amide bonds. The van der Waals surface area contributed by atoms with Crippen molar-refractivity contribution in [2.75, 3.05) is 33.3 Å². The first kappa shape index (κ1) is 22.3. The Kier molecular flexibility index (Phi) is 6.52. The molecule has 9 heteroatoms. The fourth-order valence-electron chi connectivity index (χ4n) is 3.90. The second-order valence-corrected chi connectivity index (χ2v) is 9.73. The predicted octanol–water partition coefficient (Wildman–Crippen LogP) is 2.17. The number of methoxy groups -OCH3 is 1. The van der Waals surface area contributed by atoms with Gasteiger partial charge in [0.15, 0.2) is 0 Å². The lowest BCUT2D eigenvalue weighted by Gasteiger charge is -2.34. The number of hydrogen-bond donors (Lipinski definition) is 0. The monoisotopic (exact) mass is 434 g/mol. The van der Waals surface area contributed by atoms with Gasteiger partial charge in [-0.1, -0.05) is 12.1 Å². The summed E-state index contributed by atoms with van der Waals surface area (Å²) in [7, 11) is -2.07. The molecule has 0 unspecified atom stereocenters. The number of aromatic nitrogens is 2. The lowest BCUT2D eigenvalue weighted by molar-refractivity contribution is -0.131. The van der Waals surface area contributed by atoms with Gasteiger partial charge in [0.1, 0.15) is 10.6 Å². The van der Waals surface area contributed by atoms with E-state index in [1.807, 2.05) is 38.1 Å². The van der Waals surface area contributed by atoms with Gasteiger partial charge in [-0.15, -0.1) is 0 Å². The molecule has 1 aromatic heterocycles. The van der Waals surface area contributed by atoms with Crippen LogP contribution in [0.3, 0.4) is 0 Å². The van der Waals surface area contributed by atoms with Crippen LogP contribution in [0, 0.1) is 13.8 Å². The third-order valence-electron chi connectivity index (χ3n) is 5.43. The van der Waals surface area contributed by atoms with Crippen molar-refractivity contribution in [1.82, 2.24) is 19.0 Å². The van der Waals surface area contributed by atoms with E-state index in [4.69, 9.17) is 4.74 Å². The fourth-order valence-corrected chi connectivity index (χ4v) is 5.68. The van der Waals surface area contributed by atoms with Crippen molar-refractivity contribution in [3.8, 4) is 5.75 Å². The lowest BCUT2D eigenvalue weighted by atomic mass is 10.1. The van der Waals surface area contributed by atoms with Crippen molar-refractivity contribution in [3.63, 3.8) is 0 Å². The average molecular weight is 435 g/mol. The molecule has 0 N–H and O–H groups in total. The van der Waals surface area contributed by atoms with Crippen LogP contribution in [0.5, 0.6) is 5.75 Å². The third-order valence-corrected chi connectivity index (χ3v) is 7.58. The molecule has 30 heavy (non-hydrogen) atoms. The van der Waals surface area contributed by atoms with E-state index >= 15 is 0 Å². The quantitative estimate of drug-likeness (QED) is 0.696. The van der Waals surface area contributed by atoms with E-state index < -0.39 is 10.0 Å². The molecule has 164 valence electrons. The number of carbonyl (C=O) groups excluding carboxylic acids is 1. The Hall–Kier alpha value is -2.39. The summed E-state index contributed by atoms with van der Waals surface area (Å²) in [6.45, 7) is 8.77. The molecule has 0 aliphatic carbocycles. The van der Waals surface area contributed by atoms with Crippen LogP contribution in [0.25, 0.3) is 0 Å². The second-order valence-electron chi connectivity index (χ2n) is 7.85. The molecule has 1 aliphatic heterocycles. The molecule has 0 bridgehead atoms. The Morgan fingerprint density at radius 2 is 1.83 bits per heavy atom. The van der Waals surface area contributed by atoms with Crippen molar-refractivity contribution < 1.29 is 17.9 Å². The predicted molar refractivity (Wildman–Crippen MR) is 114 cm³/mol. The highest BCUT2D eigenvalue weighted by Crippen LogP contribution is 2.26. The summed E-state index contributed by atoms with van der Waals surface area (Å²) < 4.78 is 34.9. The molecular formula is C21H30N4O4S. The molecule has 0 spiro atoms. The minimum Gasteiger partial charge on any atom is -0.497 e. The molecule has 8 nitrogen and oxygen atoms in total. The molecular weight excluding hydrogens is 404 g/mol. The number of piperazine rings is 1. The van der Waals surface area contributed by atoms with Crippen LogP contribution < -0.4 is 4.74 Å². The average Bonchev–Trinajstić information content (AvgIpc) is 3.03. The summed E-state index contributed by atoms with van der Waals surface area (Å²) in [6, 6.07) is 7.51. The molecule has 1 aliphatic rings. The number of sulfonamides is 1. The maximum Gasteiger partial charge on any atom is 0.246 e. The first-order valence-electron chi connectivity index (χ1n) is 10.1. The zero-order valence-corrected chi connectivity index (χ0v) is 19.1. The first-order valence-corrected chi connectivity index (χ1v) is 11.6. The van der Waals surface area contributed by atoms with E-state index in [0.29, 0.717) is 30.2 Å². The minimum atomic E-state index is -3.66. The number of hydrogen-bond acceptors (Lipinski definition) is 5. The van der Waals surface area contributed by atoms with Crippen molar-refractivity contribution in [1.29, 1.82) is 0 Å². The Morgan fingerprint density at radius 1 is 1.17 bits per heavy atom. The van der Waals surface area contributed by atoms with Gasteiger partial charge in [-0.05, 0) is 45.4 Å². The summed E-state index contributed by atoms with van der Waals surface area (Å²) in [6.07, 6.45) is 0.267. The molecule has 0 radical (unpaired) electrons. The van der Waals surface area contributed by atoms with Crippen LogP contribution in [0.15, 0.2) is 29.2 Å². The maximum absolute atomic E-state index is 13.3. The van der Waals surface area contributed by atoms with Crippen LogP contribution in [0.4, 0.5) is 0 Å². The van der Waals surface area contributed by atoms with Gasteiger partial charge in [0, 0.05) is 32.2 Å². The first-order chi connectivity index (χ1) is 14.1. The number of rotatable bonds is 6. The number of carbonyl (C=O) groups is 1. The highest BCUT2D eigenvalue weighted by molar-refractivity contribution is 7.89. The van der Waals surface area contributed by atoms with E-state index in [1.54, 1.807) is 30.5 Å². The van der Waals surface area contributed by atoms with E-state index in [-0.39, 0.29) is 36.4 Å². The van der Waals surface area contributed by atoms with Gasteiger partial charge in [0.05, 0.1) is 24.9 Å². The summed E-state index contributed by atoms with van der Waals surface area (Å²) >= 11 is 0. The zero-order valence-electron chi connectivity index (χ0n) is 18.3. The van der Waals surface area contributed by atoms with Gasteiger partial charge in [0.2, 0.25) is 15.9 Å². The normalized spacial score (nSPS) is 15.6. The highest BCUT2D eigenvalue weighted by atomic mass is 32.2. The zero-order chi connectivity index (χ0) is 22.1. The van der Waals surface area contributed by atoms with E-state index in [1.165, 1.54) is 4.31 Å². The Morgan fingerprint density at radius 3 is 2.40 bits per heavy atom. The summed E-state index contributed by atoms with van der Waals surface area (Å²) in [4.78, 5) is 14.7. The fraction of sp³-hybridized carbons (Fsp3) is 0.524. The van der Waals surface area contributed by atoms with Crippen LogP contribution in [0.1, 0.15) is 36.8 Å². The number of aryl methyl sites for hydroxylation is 1. The Balaban J connectivity index is 1.68. The molecule has 2 heterocycles. The van der Waals surface area contributed by atoms with E-state index in [9.17, 15) is 13.2 Å². The van der Waals surface area contributed by atoms with Crippen molar-refractivity contribution in [2.24, 2.45) is 0 Å². The van der Waals surface area contributed by atoms with Crippen molar-refractivity contribution in [3.05, 3.63) is 41.2 Å². The van der Waals surface area contributed by atoms with Gasteiger partial charge in [0.25, 0.3) is 0 Å². The van der Waals surface area contributed by atoms with Gasteiger partial charge in [-0.25, -0.2) is 8.42 Å². The molecule has 1 fully saturated rings. The number of amides is 1.